The van der Waals surface area contributed by atoms with Gasteiger partial charge in [-0.1, -0.05) is 18.7 Å². The minimum atomic E-state index is -0.390. The number of carbonyl (C=O) groups is 1. The molecule has 2 heterocycles. The molecule has 0 radical (unpaired) electrons. The second-order valence-corrected chi connectivity index (χ2v) is 4.73. The van der Waals surface area contributed by atoms with Crippen molar-refractivity contribution >= 4 is 28.8 Å². The highest BCUT2D eigenvalue weighted by Gasteiger charge is 2.20. The summed E-state index contributed by atoms with van der Waals surface area (Å²) >= 11 is 1.16. The van der Waals surface area contributed by atoms with Crippen LogP contribution >= 0.6 is 11.8 Å². The van der Waals surface area contributed by atoms with Gasteiger partial charge in [0.2, 0.25) is 0 Å². The van der Waals surface area contributed by atoms with Crippen LogP contribution in [0.2, 0.25) is 0 Å². The minimum Gasteiger partial charge on any atom is -0.468 e. The lowest BCUT2D eigenvalue weighted by Gasteiger charge is -2.10. The van der Waals surface area contributed by atoms with Crippen molar-refractivity contribution in [2.24, 2.45) is 0 Å². The number of hydrogen-bond donors (Lipinski definition) is 2. The summed E-state index contributed by atoms with van der Waals surface area (Å²) in [6.07, 6.45) is 2.00. The Hall–Kier alpha value is -1.83. The summed E-state index contributed by atoms with van der Waals surface area (Å²) in [5, 5.41) is 6.74. The lowest BCUT2D eigenvalue weighted by molar-refractivity contribution is -0.140. The van der Waals surface area contributed by atoms with E-state index in [1.54, 1.807) is 0 Å². The monoisotopic (exact) mass is 268 g/mol. The Kier molecular flexibility index (Phi) is 3.66. The molecule has 0 aromatic carbocycles. The molecule has 2 aromatic heterocycles. The molecular weight excluding hydrogens is 256 g/mol. The van der Waals surface area contributed by atoms with Crippen molar-refractivity contribution in [3.05, 3.63) is 16.6 Å². The first-order chi connectivity index (χ1) is 8.65. The zero-order valence-electron chi connectivity index (χ0n) is 9.89. The number of thioether (sulfide) groups is 1. The van der Waals surface area contributed by atoms with E-state index in [1.807, 2.05) is 6.92 Å². The van der Waals surface area contributed by atoms with Crippen molar-refractivity contribution < 1.29 is 9.53 Å². The number of aromatic nitrogens is 4. The summed E-state index contributed by atoms with van der Waals surface area (Å²) in [5.41, 5.74) is 0.122. The van der Waals surface area contributed by atoms with E-state index in [9.17, 15) is 9.59 Å². The van der Waals surface area contributed by atoms with Gasteiger partial charge < -0.3 is 9.72 Å². The van der Waals surface area contributed by atoms with Crippen LogP contribution in [0.1, 0.15) is 13.3 Å². The number of nitrogens with zero attached hydrogens (tertiary/aromatic N) is 2. The van der Waals surface area contributed by atoms with E-state index in [0.29, 0.717) is 22.6 Å². The molecule has 0 amide bonds. The fourth-order valence-electron chi connectivity index (χ4n) is 1.44. The van der Waals surface area contributed by atoms with Crippen LogP contribution in [0.25, 0.3) is 11.0 Å². The highest BCUT2D eigenvalue weighted by molar-refractivity contribution is 8.00. The maximum Gasteiger partial charge on any atom is 0.319 e. The molecule has 2 aromatic rings. The van der Waals surface area contributed by atoms with Gasteiger partial charge in [0, 0.05) is 0 Å². The van der Waals surface area contributed by atoms with Crippen LogP contribution in [0, 0.1) is 0 Å². The molecule has 1 atom stereocenters. The van der Waals surface area contributed by atoms with Crippen LogP contribution in [-0.4, -0.2) is 38.5 Å². The van der Waals surface area contributed by atoms with Crippen LogP contribution in [0.5, 0.6) is 0 Å². The molecule has 0 saturated carbocycles. The van der Waals surface area contributed by atoms with Gasteiger partial charge in [0.15, 0.2) is 10.8 Å². The van der Waals surface area contributed by atoms with Gasteiger partial charge in [-0.05, 0) is 6.42 Å². The Balaban J connectivity index is 2.31. The van der Waals surface area contributed by atoms with E-state index in [1.165, 1.54) is 13.3 Å². The molecule has 0 aliphatic rings. The maximum atomic E-state index is 11.7. The first-order valence-electron chi connectivity index (χ1n) is 5.33. The van der Waals surface area contributed by atoms with Gasteiger partial charge in [-0.3, -0.25) is 14.7 Å². The first kappa shape index (κ1) is 12.6. The number of ether oxygens (including phenoxy) is 1. The highest BCUT2D eigenvalue weighted by Crippen LogP contribution is 2.22. The molecule has 0 aliphatic heterocycles. The van der Waals surface area contributed by atoms with Crippen molar-refractivity contribution in [2.45, 2.75) is 23.8 Å². The van der Waals surface area contributed by atoms with Crippen molar-refractivity contribution in [3.8, 4) is 0 Å². The highest BCUT2D eigenvalue weighted by atomic mass is 32.2. The average molecular weight is 268 g/mol. The lowest BCUT2D eigenvalue weighted by Crippen LogP contribution is -2.19. The molecule has 96 valence electrons. The molecule has 0 spiro atoms. The van der Waals surface area contributed by atoms with E-state index >= 15 is 0 Å². The third kappa shape index (κ3) is 2.37. The summed E-state index contributed by atoms with van der Waals surface area (Å²) in [7, 11) is 1.33. The lowest BCUT2D eigenvalue weighted by atomic mass is 10.3. The van der Waals surface area contributed by atoms with E-state index in [2.05, 4.69) is 24.9 Å². The van der Waals surface area contributed by atoms with Gasteiger partial charge in [-0.15, -0.1) is 0 Å². The standard InChI is InChI=1S/C10H12N4O3S/c1-3-6(9(16)17-2)18-10-12-7-5(4-11-14-7)8(15)13-10/h4,6H,3H2,1-2H3,(H2,11,12,13,14,15)/t6-/m0/s1. The maximum absolute atomic E-state index is 11.7. The Morgan fingerprint density at radius 1 is 1.61 bits per heavy atom. The molecule has 2 N–H and O–H groups in total. The third-order valence-electron chi connectivity index (χ3n) is 2.39. The van der Waals surface area contributed by atoms with Crippen LogP contribution in [0.15, 0.2) is 16.1 Å². The molecule has 0 bridgehead atoms. The van der Waals surface area contributed by atoms with Crippen LogP contribution in [0.3, 0.4) is 0 Å². The fraction of sp³-hybridized carbons (Fsp3) is 0.400. The van der Waals surface area contributed by atoms with Gasteiger partial charge in [-0.2, -0.15) is 5.10 Å². The molecule has 0 fully saturated rings. The molecule has 18 heavy (non-hydrogen) atoms. The molecule has 0 unspecified atom stereocenters. The van der Waals surface area contributed by atoms with Crippen LogP contribution < -0.4 is 5.56 Å². The van der Waals surface area contributed by atoms with E-state index < -0.39 is 5.25 Å². The van der Waals surface area contributed by atoms with Gasteiger partial charge in [0.25, 0.3) is 5.56 Å². The number of fused-ring (bicyclic) bond motifs is 1. The smallest absolute Gasteiger partial charge is 0.319 e. The zero-order valence-corrected chi connectivity index (χ0v) is 10.7. The van der Waals surface area contributed by atoms with E-state index in [0.717, 1.165) is 11.8 Å². The first-order valence-corrected chi connectivity index (χ1v) is 6.21. The third-order valence-corrected chi connectivity index (χ3v) is 3.61. The quantitative estimate of drug-likeness (QED) is 0.480. The second-order valence-electron chi connectivity index (χ2n) is 3.54. The van der Waals surface area contributed by atoms with Crippen LogP contribution in [0.4, 0.5) is 0 Å². The topological polar surface area (TPSA) is 101 Å². The molecule has 0 saturated heterocycles. The Bertz CT molecular complexity index is 621. The fourth-order valence-corrected chi connectivity index (χ4v) is 2.37. The van der Waals surface area contributed by atoms with Crippen molar-refractivity contribution in [3.63, 3.8) is 0 Å². The summed E-state index contributed by atoms with van der Waals surface area (Å²) in [6.45, 7) is 1.86. The minimum absolute atomic E-state index is 0.282. The van der Waals surface area contributed by atoms with E-state index in [-0.39, 0.29) is 11.5 Å². The zero-order chi connectivity index (χ0) is 13.1. The molecule has 0 aliphatic carbocycles. The predicted octanol–water partition coefficient (Wildman–Crippen LogP) is 0.690. The Morgan fingerprint density at radius 2 is 2.39 bits per heavy atom. The molecule has 2 rings (SSSR count). The number of hydrogen-bond acceptors (Lipinski definition) is 6. The number of rotatable bonds is 4. The summed E-state index contributed by atoms with van der Waals surface area (Å²) in [6, 6.07) is 0. The molecular formula is C10H12N4O3S. The van der Waals surface area contributed by atoms with Gasteiger partial charge in [-0.25, -0.2) is 4.98 Å². The summed E-state index contributed by atoms with van der Waals surface area (Å²) in [5.74, 6) is -0.338. The SMILES string of the molecule is CC[C@H](Sc1nc2[nH]ncc2c(=O)[nH]1)C(=O)OC. The number of H-pyrrole nitrogens is 2. The number of methoxy groups -OCH3 is 1. The average Bonchev–Trinajstić information content (AvgIpc) is 2.83. The summed E-state index contributed by atoms with van der Waals surface area (Å²) in [4.78, 5) is 29.9. The van der Waals surface area contributed by atoms with Crippen molar-refractivity contribution in [2.75, 3.05) is 7.11 Å². The normalized spacial score (nSPS) is 12.6. The predicted molar refractivity (Wildman–Crippen MR) is 66.5 cm³/mol. The van der Waals surface area contributed by atoms with E-state index in [4.69, 9.17) is 0 Å². The van der Waals surface area contributed by atoms with Crippen molar-refractivity contribution in [1.29, 1.82) is 0 Å². The number of esters is 1. The number of carbonyl (C=O) groups excluding carboxylic acids is 1. The van der Waals surface area contributed by atoms with Crippen molar-refractivity contribution in [1.82, 2.24) is 20.2 Å². The van der Waals surface area contributed by atoms with Gasteiger partial charge in [0.05, 0.1) is 13.3 Å². The largest absolute Gasteiger partial charge is 0.468 e. The van der Waals surface area contributed by atoms with Crippen LogP contribution in [-0.2, 0) is 9.53 Å². The molecule has 7 nitrogen and oxygen atoms in total. The Morgan fingerprint density at radius 3 is 3.06 bits per heavy atom. The Labute approximate surface area is 106 Å². The number of aromatic amines is 2. The second kappa shape index (κ2) is 5.21. The summed E-state index contributed by atoms with van der Waals surface area (Å²) < 4.78 is 4.68. The molecule has 8 heteroatoms. The van der Waals surface area contributed by atoms with Gasteiger partial charge in [0.1, 0.15) is 10.6 Å². The number of nitrogens with one attached hydrogen (secondary N) is 2. The van der Waals surface area contributed by atoms with Gasteiger partial charge >= 0.3 is 5.97 Å².